The average molecular weight is 324 g/mol. The first-order chi connectivity index (χ1) is 10.8. The Kier molecular flexibility index (Phi) is 7.80. The number of esters is 1. The van der Waals surface area contributed by atoms with Crippen LogP contribution in [0, 0.1) is 17.8 Å². The molecule has 1 atom stereocenters. The number of unbranched alkanes of at least 4 members (excludes halogenated alkanes) is 1. The molecule has 1 saturated carbocycles. The maximum atomic E-state index is 12.0. The fraction of sp³-hybridized carbons (Fsp3) is 0.789. The minimum absolute atomic E-state index is 0.367. The molecule has 1 aliphatic carbocycles. The van der Waals surface area contributed by atoms with E-state index in [0.717, 1.165) is 50.2 Å². The van der Waals surface area contributed by atoms with Crippen molar-refractivity contribution in [1.29, 1.82) is 0 Å². The van der Waals surface area contributed by atoms with Crippen molar-refractivity contribution >= 4 is 11.9 Å². The lowest BCUT2D eigenvalue weighted by molar-refractivity contribution is -0.161. The molecule has 0 bridgehead atoms. The second-order valence-corrected chi connectivity index (χ2v) is 7.36. The van der Waals surface area contributed by atoms with Crippen molar-refractivity contribution in [2.75, 3.05) is 0 Å². The molecule has 0 saturated heterocycles. The van der Waals surface area contributed by atoms with Gasteiger partial charge in [-0.15, -0.1) is 0 Å². The molecule has 4 nitrogen and oxygen atoms in total. The molecular formula is C19H32O4. The van der Waals surface area contributed by atoms with Crippen molar-refractivity contribution in [2.45, 2.75) is 78.2 Å². The van der Waals surface area contributed by atoms with Gasteiger partial charge < -0.3 is 9.84 Å². The summed E-state index contributed by atoms with van der Waals surface area (Å²) in [6.45, 7) is 8.70. The Balaban J connectivity index is 2.74. The molecular weight excluding hydrogens is 292 g/mol. The highest BCUT2D eigenvalue weighted by atomic mass is 16.6. The zero-order valence-corrected chi connectivity index (χ0v) is 15.0. The van der Waals surface area contributed by atoms with Crippen LogP contribution in [0.4, 0.5) is 0 Å². The van der Waals surface area contributed by atoms with E-state index in [1.54, 1.807) is 0 Å². The Morgan fingerprint density at radius 3 is 2.30 bits per heavy atom. The molecule has 1 fully saturated rings. The third-order valence-corrected chi connectivity index (χ3v) is 5.30. The SMILES string of the molecule is CCCCC(C)(OC(=O)/C=C/C(=O)O)C1CCC(C(C)C)CC1. The largest absolute Gasteiger partial charge is 0.478 e. The van der Waals surface area contributed by atoms with Gasteiger partial charge in [0.2, 0.25) is 0 Å². The van der Waals surface area contributed by atoms with Gasteiger partial charge in [-0.05, 0) is 63.2 Å². The Labute approximate surface area is 140 Å². The molecule has 23 heavy (non-hydrogen) atoms. The van der Waals surface area contributed by atoms with Gasteiger partial charge in [0.05, 0.1) is 0 Å². The number of hydrogen-bond acceptors (Lipinski definition) is 3. The highest BCUT2D eigenvalue weighted by molar-refractivity contribution is 5.90. The molecule has 1 aliphatic rings. The summed E-state index contributed by atoms with van der Waals surface area (Å²) in [5.41, 5.74) is -0.488. The summed E-state index contributed by atoms with van der Waals surface area (Å²) in [7, 11) is 0. The van der Waals surface area contributed by atoms with Crippen molar-refractivity contribution in [2.24, 2.45) is 17.8 Å². The average Bonchev–Trinajstić information content (AvgIpc) is 2.51. The van der Waals surface area contributed by atoms with Crippen LogP contribution in [0.15, 0.2) is 12.2 Å². The topological polar surface area (TPSA) is 63.6 Å². The number of hydrogen-bond donors (Lipinski definition) is 1. The van der Waals surface area contributed by atoms with Gasteiger partial charge in [-0.2, -0.15) is 0 Å². The van der Waals surface area contributed by atoms with E-state index < -0.39 is 17.5 Å². The lowest BCUT2D eigenvalue weighted by Crippen LogP contribution is -2.41. The first-order valence-corrected chi connectivity index (χ1v) is 8.92. The number of aliphatic carboxylic acids is 1. The third kappa shape index (κ3) is 6.36. The lowest BCUT2D eigenvalue weighted by Gasteiger charge is -2.41. The van der Waals surface area contributed by atoms with E-state index in [1.165, 1.54) is 12.8 Å². The Bertz CT molecular complexity index is 419. The van der Waals surface area contributed by atoms with Gasteiger partial charge in [-0.1, -0.05) is 27.2 Å². The van der Waals surface area contributed by atoms with Crippen molar-refractivity contribution in [3.05, 3.63) is 12.2 Å². The number of carbonyl (C=O) groups is 2. The normalized spacial score (nSPS) is 24.6. The Hall–Kier alpha value is -1.32. The highest BCUT2D eigenvalue weighted by Crippen LogP contribution is 2.42. The maximum absolute atomic E-state index is 12.0. The first-order valence-electron chi connectivity index (χ1n) is 8.92. The molecule has 0 aliphatic heterocycles. The molecule has 1 rings (SSSR count). The molecule has 4 heteroatoms. The lowest BCUT2D eigenvalue weighted by atomic mass is 9.70. The fourth-order valence-corrected chi connectivity index (χ4v) is 3.67. The van der Waals surface area contributed by atoms with Gasteiger partial charge in [0, 0.05) is 12.2 Å². The van der Waals surface area contributed by atoms with Gasteiger partial charge in [0.25, 0.3) is 0 Å². The van der Waals surface area contributed by atoms with E-state index in [1.807, 2.05) is 6.92 Å². The van der Waals surface area contributed by atoms with Crippen molar-refractivity contribution in [1.82, 2.24) is 0 Å². The van der Waals surface area contributed by atoms with Crippen molar-refractivity contribution in [3.63, 3.8) is 0 Å². The molecule has 0 aromatic heterocycles. The van der Waals surface area contributed by atoms with E-state index in [-0.39, 0.29) is 0 Å². The Morgan fingerprint density at radius 1 is 1.22 bits per heavy atom. The molecule has 0 spiro atoms. The summed E-state index contributed by atoms with van der Waals surface area (Å²) in [5, 5.41) is 8.64. The number of rotatable bonds is 8. The fourth-order valence-electron chi connectivity index (χ4n) is 3.67. The smallest absolute Gasteiger partial charge is 0.331 e. The standard InChI is InChI=1S/C19H32O4/c1-5-6-13-19(4,23-18(22)12-11-17(20)21)16-9-7-15(8-10-16)14(2)3/h11-12,14-16H,5-10,13H2,1-4H3,(H,20,21)/b12-11+. The van der Waals surface area contributed by atoms with Gasteiger partial charge in [-0.25, -0.2) is 9.59 Å². The molecule has 0 amide bonds. The summed E-state index contributed by atoms with van der Waals surface area (Å²) >= 11 is 0. The minimum atomic E-state index is -1.13. The monoisotopic (exact) mass is 324 g/mol. The van der Waals surface area contributed by atoms with E-state index >= 15 is 0 Å². The van der Waals surface area contributed by atoms with Gasteiger partial charge in [-0.3, -0.25) is 0 Å². The van der Waals surface area contributed by atoms with Crippen LogP contribution >= 0.6 is 0 Å². The summed E-state index contributed by atoms with van der Waals surface area (Å²) in [6.07, 6.45) is 9.31. The van der Waals surface area contributed by atoms with Gasteiger partial charge in [0.1, 0.15) is 5.60 Å². The molecule has 0 heterocycles. The summed E-state index contributed by atoms with van der Waals surface area (Å²) in [5.74, 6) is 0.168. The van der Waals surface area contributed by atoms with Crippen LogP contribution in [-0.4, -0.2) is 22.6 Å². The number of carboxylic acids is 1. The van der Waals surface area contributed by atoms with Crippen molar-refractivity contribution < 1.29 is 19.4 Å². The molecule has 132 valence electrons. The minimum Gasteiger partial charge on any atom is -0.478 e. The molecule has 0 aromatic carbocycles. The zero-order chi connectivity index (χ0) is 17.5. The molecule has 0 radical (unpaired) electrons. The van der Waals surface area contributed by atoms with Crippen LogP contribution < -0.4 is 0 Å². The predicted molar refractivity (Wildman–Crippen MR) is 91.1 cm³/mol. The number of ether oxygens (including phenoxy) is 1. The van der Waals surface area contributed by atoms with Crippen molar-refractivity contribution in [3.8, 4) is 0 Å². The van der Waals surface area contributed by atoms with Crippen LogP contribution in [0.25, 0.3) is 0 Å². The van der Waals surface area contributed by atoms with Crippen LogP contribution in [-0.2, 0) is 14.3 Å². The van der Waals surface area contributed by atoms with E-state index in [9.17, 15) is 9.59 Å². The molecule has 0 aromatic rings. The molecule has 1 unspecified atom stereocenters. The van der Waals surface area contributed by atoms with E-state index in [4.69, 9.17) is 9.84 Å². The second kappa shape index (κ2) is 9.09. The predicted octanol–water partition coefficient (Wildman–Crippen LogP) is 4.58. The van der Waals surface area contributed by atoms with Crippen LogP contribution in [0.1, 0.15) is 72.6 Å². The maximum Gasteiger partial charge on any atom is 0.331 e. The number of carbonyl (C=O) groups excluding carboxylic acids is 1. The van der Waals surface area contributed by atoms with Gasteiger partial charge >= 0.3 is 11.9 Å². The number of carboxylic acid groups (broad SMARTS) is 1. The van der Waals surface area contributed by atoms with Crippen LogP contribution in [0.3, 0.4) is 0 Å². The van der Waals surface area contributed by atoms with E-state index in [0.29, 0.717) is 11.8 Å². The molecule has 1 N–H and O–H groups in total. The summed E-state index contributed by atoms with van der Waals surface area (Å²) < 4.78 is 5.74. The summed E-state index contributed by atoms with van der Waals surface area (Å²) in [6, 6.07) is 0. The van der Waals surface area contributed by atoms with Crippen LogP contribution in [0.2, 0.25) is 0 Å². The van der Waals surface area contributed by atoms with E-state index in [2.05, 4.69) is 20.8 Å². The quantitative estimate of drug-likeness (QED) is 0.524. The zero-order valence-electron chi connectivity index (χ0n) is 15.0. The Morgan fingerprint density at radius 2 is 1.83 bits per heavy atom. The highest BCUT2D eigenvalue weighted by Gasteiger charge is 2.39. The first kappa shape index (κ1) is 19.7. The second-order valence-electron chi connectivity index (χ2n) is 7.36. The third-order valence-electron chi connectivity index (χ3n) is 5.30. The summed E-state index contributed by atoms with van der Waals surface area (Å²) in [4.78, 5) is 22.5. The van der Waals surface area contributed by atoms with Gasteiger partial charge in [0.15, 0.2) is 0 Å². The van der Waals surface area contributed by atoms with Crippen LogP contribution in [0.5, 0.6) is 0 Å².